The van der Waals surface area contributed by atoms with Gasteiger partial charge in [0.25, 0.3) is 15.9 Å². The molecule has 2 aliphatic rings. The molecule has 1 aliphatic heterocycles. The summed E-state index contributed by atoms with van der Waals surface area (Å²) in [6.07, 6.45) is 9.95. The van der Waals surface area contributed by atoms with Crippen molar-refractivity contribution in [1.82, 2.24) is 24.7 Å². The molecular weight excluding hydrogens is 624 g/mol. The third-order valence-corrected chi connectivity index (χ3v) is 10.3. The van der Waals surface area contributed by atoms with Crippen molar-refractivity contribution in [2.45, 2.75) is 101 Å². The predicted molar refractivity (Wildman–Crippen MR) is 179 cm³/mol. The van der Waals surface area contributed by atoms with E-state index in [9.17, 15) is 23.1 Å². The molecule has 1 fully saturated rings. The van der Waals surface area contributed by atoms with E-state index in [4.69, 9.17) is 9.47 Å². The number of carbonyl (C=O) groups is 2. The van der Waals surface area contributed by atoms with Crippen molar-refractivity contribution >= 4 is 27.6 Å². The third kappa shape index (κ3) is 10.1. The van der Waals surface area contributed by atoms with Gasteiger partial charge in [-0.05, 0) is 64.2 Å². The van der Waals surface area contributed by atoms with Crippen molar-refractivity contribution < 1.29 is 32.6 Å². The van der Waals surface area contributed by atoms with Gasteiger partial charge in [0.15, 0.2) is 5.03 Å². The maximum atomic E-state index is 14.3. The summed E-state index contributed by atoms with van der Waals surface area (Å²) in [6, 6.07) is 4.11. The first kappa shape index (κ1) is 36.5. The number of anilines is 1. The Labute approximate surface area is 279 Å². The molecule has 0 bridgehead atoms. The van der Waals surface area contributed by atoms with E-state index in [1.165, 1.54) is 29.6 Å². The summed E-state index contributed by atoms with van der Waals surface area (Å²) in [5, 5.41) is 13.2. The van der Waals surface area contributed by atoms with Crippen LogP contribution in [0.5, 0.6) is 5.75 Å². The molecule has 14 heteroatoms. The van der Waals surface area contributed by atoms with Crippen LogP contribution in [0.2, 0.25) is 0 Å². The highest BCUT2D eigenvalue weighted by Gasteiger charge is 2.31. The van der Waals surface area contributed by atoms with E-state index in [2.05, 4.69) is 15.0 Å². The number of aliphatic hydroxyl groups excluding tert-OH is 1. The number of rotatable bonds is 8. The number of urea groups is 1. The minimum absolute atomic E-state index is 0.135. The van der Waals surface area contributed by atoms with Crippen LogP contribution in [0.25, 0.3) is 0 Å². The highest BCUT2D eigenvalue weighted by Crippen LogP contribution is 2.29. The Bertz CT molecular complexity index is 1440. The summed E-state index contributed by atoms with van der Waals surface area (Å²) in [7, 11) is -0.577. The standard InChI is InChI=1S/C33H52N6O7S/c1-23-18-39(24(2)21-40)32(41)28-17-27(36-47(43,44)31-20-37(4)22-34-31)14-15-29(28)46-25(3)11-9-10-16-45-30(23)19-38(5)33(42)35-26-12-7-6-8-13-26/h14-15,17,20,22-26,30,36,40H,6-13,16,18-19,21H2,1-5H3,(H,35,42)/t23-,24+,25-,30-/m1/s1. The van der Waals surface area contributed by atoms with E-state index in [0.29, 0.717) is 25.3 Å². The molecule has 262 valence electrons. The number of sulfonamides is 1. The first-order valence-electron chi connectivity index (χ1n) is 16.7. The first-order chi connectivity index (χ1) is 22.4. The van der Waals surface area contributed by atoms with Crippen LogP contribution in [0.3, 0.4) is 0 Å². The van der Waals surface area contributed by atoms with Crippen LogP contribution in [0.4, 0.5) is 10.5 Å². The molecule has 1 aromatic heterocycles. The lowest BCUT2D eigenvalue weighted by molar-refractivity contribution is -0.0123. The molecule has 1 saturated carbocycles. The molecule has 3 N–H and O–H groups in total. The normalized spacial score (nSPS) is 22.8. The number of aromatic nitrogens is 2. The second kappa shape index (κ2) is 16.6. The molecule has 0 unspecified atom stereocenters. The molecule has 2 aromatic rings. The van der Waals surface area contributed by atoms with Crippen LogP contribution in [0.15, 0.2) is 35.7 Å². The van der Waals surface area contributed by atoms with Gasteiger partial charge in [0, 0.05) is 57.6 Å². The molecule has 0 spiro atoms. The summed E-state index contributed by atoms with van der Waals surface area (Å²) in [4.78, 5) is 34.6. The number of aryl methyl sites for hydroxylation is 1. The zero-order valence-corrected chi connectivity index (χ0v) is 29.2. The second-order valence-corrected chi connectivity index (χ2v) is 14.8. The number of hydrogen-bond acceptors (Lipinski definition) is 8. The lowest BCUT2D eigenvalue weighted by Crippen LogP contribution is -2.50. The number of carbonyl (C=O) groups excluding carboxylic acids is 2. The van der Waals surface area contributed by atoms with Crippen LogP contribution in [-0.2, 0) is 21.8 Å². The average molecular weight is 677 g/mol. The zero-order chi connectivity index (χ0) is 34.1. The summed E-state index contributed by atoms with van der Waals surface area (Å²) in [6.45, 7) is 6.44. The van der Waals surface area contributed by atoms with Gasteiger partial charge in [-0.2, -0.15) is 8.42 Å². The van der Waals surface area contributed by atoms with Gasteiger partial charge in [0.05, 0.1) is 36.7 Å². The Hall–Kier alpha value is -3.36. The van der Waals surface area contributed by atoms with Gasteiger partial charge in [-0.15, -0.1) is 0 Å². The minimum atomic E-state index is -4.02. The summed E-state index contributed by atoms with van der Waals surface area (Å²) in [5.74, 6) is -0.302. The summed E-state index contributed by atoms with van der Waals surface area (Å²) in [5.41, 5.74) is 0.348. The molecule has 4 atom stereocenters. The average Bonchev–Trinajstić information content (AvgIpc) is 3.50. The SMILES string of the molecule is C[C@@H]1CCCCO[C@H](CN(C)C(=O)NC2CCCCC2)[C@H](C)CN([C@@H](C)CO)C(=O)c2cc(NS(=O)(=O)c3cn(C)cn3)ccc2O1. The molecule has 13 nitrogen and oxygen atoms in total. The quantitative estimate of drug-likeness (QED) is 0.379. The lowest BCUT2D eigenvalue weighted by Gasteiger charge is -2.36. The van der Waals surface area contributed by atoms with Crippen LogP contribution < -0.4 is 14.8 Å². The molecule has 1 aliphatic carbocycles. The maximum absolute atomic E-state index is 14.3. The molecular formula is C33H52N6O7S. The molecule has 3 amide bonds. The predicted octanol–water partition coefficient (Wildman–Crippen LogP) is 3.99. The topological polar surface area (TPSA) is 155 Å². The Morgan fingerprint density at radius 3 is 2.55 bits per heavy atom. The minimum Gasteiger partial charge on any atom is -0.490 e. The van der Waals surface area contributed by atoms with Crippen molar-refractivity contribution in [3.05, 3.63) is 36.3 Å². The Kier molecular flexibility index (Phi) is 12.9. The molecule has 2 heterocycles. The molecule has 0 saturated heterocycles. The number of nitrogens with one attached hydrogen (secondary N) is 2. The number of aliphatic hydroxyl groups is 1. The Morgan fingerprint density at radius 2 is 1.87 bits per heavy atom. The van der Waals surface area contributed by atoms with Crippen molar-refractivity contribution in [1.29, 1.82) is 0 Å². The van der Waals surface area contributed by atoms with Crippen LogP contribution >= 0.6 is 0 Å². The number of hydrogen-bond donors (Lipinski definition) is 3. The number of likely N-dealkylation sites (N-methyl/N-ethyl adjacent to an activating group) is 1. The van der Waals surface area contributed by atoms with Crippen LogP contribution in [0, 0.1) is 5.92 Å². The van der Waals surface area contributed by atoms with Crippen molar-refractivity contribution in [2.75, 3.05) is 38.1 Å². The molecule has 47 heavy (non-hydrogen) atoms. The first-order valence-corrected chi connectivity index (χ1v) is 18.2. The van der Waals surface area contributed by atoms with Crippen molar-refractivity contribution in [2.24, 2.45) is 13.0 Å². The number of benzene rings is 1. The lowest BCUT2D eigenvalue weighted by atomic mass is 9.96. The van der Waals surface area contributed by atoms with E-state index in [1.54, 1.807) is 43.0 Å². The molecule has 1 aromatic carbocycles. The van der Waals surface area contributed by atoms with E-state index in [-0.39, 0.29) is 59.6 Å². The molecule has 4 rings (SSSR count). The highest BCUT2D eigenvalue weighted by atomic mass is 32.2. The zero-order valence-electron chi connectivity index (χ0n) is 28.4. The smallest absolute Gasteiger partial charge is 0.317 e. The van der Waals surface area contributed by atoms with Gasteiger partial charge in [0.2, 0.25) is 0 Å². The number of fused-ring (bicyclic) bond motifs is 1. The second-order valence-electron chi connectivity index (χ2n) is 13.2. The van der Waals surface area contributed by atoms with E-state index in [1.807, 2.05) is 13.8 Å². The molecule has 0 radical (unpaired) electrons. The van der Waals surface area contributed by atoms with Crippen molar-refractivity contribution in [3.63, 3.8) is 0 Å². The third-order valence-electron chi connectivity index (χ3n) is 8.99. The van der Waals surface area contributed by atoms with Crippen molar-refractivity contribution in [3.8, 4) is 5.75 Å². The number of amides is 3. The van der Waals surface area contributed by atoms with E-state index >= 15 is 0 Å². The van der Waals surface area contributed by atoms with E-state index < -0.39 is 22.0 Å². The fourth-order valence-corrected chi connectivity index (χ4v) is 7.10. The summed E-state index contributed by atoms with van der Waals surface area (Å²) >= 11 is 0. The number of ether oxygens (including phenoxy) is 2. The van der Waals surface area contributed by atoms with Gasteiger partial charge >= 0.3 is 6.03 Å². The summed E-state index contributed by atoms with van der Waals surface area (Å²) < 4.78 is 42.8. The largest absolute Gasteiger partial charge is 0.490 e. The van der Waals surface area contributed by atoms with Crippen LogP contribution in [-0.4, -0.2) is 102 Å². The van der Waals surface area contributed by atoms with Gasteiger partial charge in [-0.3, -0.25) is 9.52 Å². The fourth-order valence-electron chi connectivity index (χ4n) is 6.07. The highest BCUT2D eigenvalue weighted by molar-refractivity contribution is 7.92. The van der Waals surface area contributed by atoms with Gasteiger partial charge in [0.1, 0.15) is 5.75 Å². The number of nitrogens with zero attached hydrogens (tertiary/aromatic N) is 4. The van der Waals surface area contributed by atoms with Gasteiger partial charge < -0.3 is 34.3 Å². The Morgan fingerprint density at radius 1 is 1.15 bits per heavy atom. The van der Waals surface area contributed by atoms with Gasteiger partial charge in [-0.1, -0.05) is 26.2 Å². The Balaban J connectivity index is 1.60. The van der Waals surface area contributed by atoms with Crippen LogP contribution in [0.1, 0.15) is 82.5 Å². The van der Waals surface area contributed by atoms with E-state index in [0.717, 1.165) is 38.5 Å². The monoisotopic (exact) mass is 676 g/mol. The maximum Gasteiger partial charge on any atom is 0.317 e. The number of imidazole rings is 1. The van der Waals surface area contributed by atoms with Gasteiger partial charge in [-0.25, -0.2) is 9.78 Å². The fraction of sp³-hybridized carbons (Fsp3) is 0.667.